The van der Waals surface area contributed by atoms with E-state index in [1.165, 1.54) is 5.56 Å². The Labute approximate surface area is 169 Å². The van der Waals surface area contributed by atoms with Gasteiger partial charge in [-0.15, -0.1) is 0 Å². The maximum atomic E-state index is 12.9. The Morgan fingerprint density at radius 2 is 1.76 bits per heavy atom. The van der Waals surface area contributed by atoms with Crippen molar-refractivity contribution in [3.05, 3.63) is 89.0 Å². The molecule has 29 heavy (non-hydrogen) atoms. The molecule has 4 rings (SSSR count). The minimum atomic E-state index is -0.252. The number of para-hydroxylation sites is 1. The number of rotatable bonds is 4. The first-order valence-corrected chi connectivity index (χ1v) is 9.52. The minimum Gasteiger partial charge on any atom is -0.496 e. The van der Waals surface area contributed by atoms with Crippen molar-refractivity contribution in [1.29, 1.82) is 0 Å². The molecule has 146 valence electrons. The lowest BCUT2D eigenvalue weighted by molar-refractivity contribution is 0.0988. The lowest BCUT2D eigenvalue weighted by Gasteiger charge is -2.17. The van der Waals surface area contributed by atoms with Crippen molar-refractivity contribution in [2.75, 3.05) is 23.9 Å². The van der Waals surface area contributed by atoms with Crippen LogP contribution in [0.1, 0.15) is 31.8 Å². The van der Waals surface area contributed by atoms with E-state index >= 15 is 0 Å². The third kappa shape index (κ3) is 3.72. The fourth-order valence-corrected chi connectivity index (χ4v) is 3.60. The summed E-state index contributed by atoms with van der Waals surface area (Å²) in [5.74, 6) is 0.235. The first-order valence-electron chi connectivity index (χ1n) is 9.52. The van der Waals surface area contributed by atoms with Gasteiger partial charge in [0, 0.05) is 23.5 Å². The number of amides is 2. The van der Waals surface area contributed by atoms with Crippen LogP contribution in [0.5, 0.6) is 5.75 Å². The van der Waals surface area contributed by atoms with Crippen molar-refractivity contribution in [1.82, 2.24) is 0 Å². The number of ether oxygens (including phenoxy) is 1. The Bertz CT molecular complexity index is 1070. The van der Waals surface area contributed by atoms with Crippen molar-refractivity contribution in [3.63, 3.8) is 0 Å². The van der Waals surface area contributed by atoms with Gasteiger partial charge in [-0.1, -0.05) is 29.8 Å². The van der Waals surface area contributed by atoms with Gasteiger partial charge in [-0.05, 0) is 61.4 Å². The predicted molar refractivity (Wildman–Crippen MR) is 114 cm³/mol. The predicted octanol–water partition coefficient (Wildman–Crippen LogP) is 4.46. The summed E-state index contributed by atoms with van der Waals surface area (Å²) in [6, 6.07) is 20.4. The highest BCUT2D eigenvalue weighted by Crippen LogP contribution is 2.29. The standard InChI is InChI=1S/C24H22N2O3/c1-16-7-12-22(29-2)20(15-16)23(27)25-19-10-8-18(9-11-19)24(28)26-14-13-17-5-3-4-6-21(17)26/h3-12,15H,13-14H2,1-2H3,(H,25,27). The van der Waals surface area contributed by atoms with Gasteiger partial charge in [0.2, 0.25) is 0 Å². The van der Waals surface area contributed by atoms with Gasteiger partial charge in [0.15, 0.2) is 0 Å². The van der Waals surface area contributed by atoms with E-state index in [0.717, 1.165) is 17.7 Å². The molecule has 0 radical (unpaired) electrons. The van der Waals surface area contributed by atoms with E-state index in [1.54, 1.807) is 48.4 Å². The van der Waals surface area contributed by atoms with Gasteiger partial charge in [0.25, 0.3) is 11.8 Å². The number of carbonyl (C=O) groups is 2. The number of anilines is 2. The van der Waals surface area contributed by atoms with E-state index in [2.05, 4.69) is 11.4 Å². The van der Waals surface area contributed by atoms with Gasteiger partial charge in [-0.25, -0.2) is 0 Å². The van der Waals surface area contributed by atoms with Gasteiger partial charge < -0.3 is 15.0 Å². The van der Waals surface area contributed by atoms with E-state index < -0.39 is 0 Å². The molecule has 0 atom stereocenters. The van der Waals surface area contributed by atoms with E-state index in [1.807, 2.05) is 31.2 Å². The van der Waals surface area contributed by atoms with Crippen molar-refractivity contribution < 1.29 is 14.3 Å². The number of nitrogens with one attached hydrogen (secondary N) is 1. The van der Waals surface area contributed by atoms with E-state index in [4.69, 9.17) is 4.74 Å². The Hall–Kier alpha value is -3.60. The van der Waals surface area contributed by atoms with Crippen LogP contribution in [0.25, 0.3) is 0 Å². The number of nitrogens with zero attached hydrogens (tertiary/aromatic N) is 1. The molecule has 1 heterocycles. The maximum absolute atomic E-state index is 12.9. The van der Waals surface area contributed by atoms with Crippen LogP contribution in [0.2, 0.25) is 0 Å². The molecule has 5 heteroatoms. The summed E-state index contributed by atoms with van der Waals surface area (Å²) in [6.45, 7) is 2.61. The van der Waals surface area contributed by atoms with Crippen molar-refractivity contribution in [2.24, 2.45) is 0 Å². The molecule has 0 aromatic heterocycles. The Morgan fingerprint density at radius 1 is 1.00 bits per heavy atom. The van der Waals surface area contributed by atoms with Gasteiger partial charge in [0.1, 0.15) is 5.75 Å². The molecule has 0 unspecified atom stereocenters. The molecule has 0 spiro atoms. The molecule has 1 aliphatic heterocycles. The summed E-state index contributed by atoms with van der Waals surface area (Å²) in [5.41, 5.74) is 4.83. The summed E-state index contributed by atoms with van der Waals surface area (Å²) in [7, 11) is 1.54. The molecule has 2 amide bonds. The summed E-state index contributed by atoms with van der Waals surface area (Å²) in [4.78, 5) is 27.4. The number of hydrogen-bond donors (Lipinski definition) is 1. The van der Waals surface area contributed by atoms with Crippen LogP contribution in [-0.4, -0.2) is 25.5 Å². The quantitative estimate of drug-likeness (QED) is 0.720. The minimum absolute atomic E-state index is 0.0341. The van der Waals surface area contributed by atoms with E-state index in [0.29, 0.717) is 29.1 Å². The first kappa shape index (κ1) is 18.7. The Kier molecular flexibility index (Phi) is 5.04. The monoisotopic (exact) mass is 386 g/mol. The number of carbonyl (C=O) groups excluding carboxylic acids is 2. The highest BCUT2D eigenvalue weighted by Gasteiger charge is 2.25. The van der Waals surface area contributed by atoms with E-state index in [9.17, 15) is 9.59 Å². The summed E-state index contributed by atoms with van der Waals surface area (Å²) in [6.07, 6.45) is 0.869. The van der Waals surface area contributed by atoms with Crippen LogP contribution in [0.15, 0.2) is 66.7 Å². The summed E-state index contributed by atoms with van der Waals surface area (Å²) < 4.78 is 5.28. The van der Waals surface area contributed by atoms with Crippen molar-refractivity contribution >= 4 is 23.2 Å². The lowest BCUT2D eigenvalue weighted by Crippen LogP contribution is -2.28. The summed E-state index contributed by atoms with van der Waals surface area (Å²) in [5, 5.41) is 2.87. The van der Waals surface area contributed by atoms with Crippen LogP contribution in [0.4, 0.5) is 11.4 Å². The maximum Gasteiger partial charge on any atom is 0.259 e. The van der Waals surface area contributed by atoms with Gasteiger partial charge >= 0.3 is 0 Å². The molecule has 0 saturated carbocycles. The second kappa shape index (κ2) is 7.80. The molecule has 3 aromatic rings. The number of fused-ring (bicyclic) bond motifs is 1. The third-order valence-electron chi connectivity index (χ3n) is 5.12. The van der Waals surface area contributed by atoms with Crippen LogP contribution in [0, 0.1) is 6.92 Å². The van der Waals surface area contributed by atoms with Gasteiger partial charge in [0.05, 0.1) is 12.7 Å². The van der Waals surface area contributed by atoms with Crippen molar-refractivity contribution in [2.45, 2.75) is 13.3 Å². The molecule has 3 aromatic carbocycles. The number of benzene rings is 3. The molecule has 0 aliphatic carbocycles. The molecular weight excluding hydrogens is 364 g/mol. The fraction of sp³-hybridized carbons (Fsp3) is 0.167. The topological polar surface area (TPSA) is 58.6 Å². The molecule has 0 fully saturated rings. The average Bonchev–Trinajstić information content (AvgIpc) is 3.18. The molecule has 5 nitrogen and oxygen atoms in total. The highest BCUT2D eigenvalue weighted by atomic mass is 16.5. The first-order chi connectivity index (χ1) is 14.1. The normalized spacial score (nSPS) is 12.4. The second-order valence-electron chi connectivity index (χ2n) is 7.07. The molecule has 1 N–H and O–H groups in total. The summed E-state index contributed by atoms with van der Waals surface area (Å²) >= 11 is 0. The van der Waals surface area contributed by atoms with E-state index in [-0.39, 0.29) is 11.8 Å². The average molecular weight is 386 g/mol. The largest absolute Gasteiger partial charge is 0.496 e. The smallest absolute Gasteiger partial charge is 0.259 e. The highest BCUT2D eigenvalue weighted by molar-refractivity contribution is 6.08. The zero-order valence-corrected chi connectivity index (χ0v) is 16.4. The SMILES string of the molecule is COc1ccc(C)cc1C(=O)Nc1ccc(C(=O)N2CCc3ccccc32)cc1. The third-order valence-corrected chi connectivity index (χ3v) is 5.12. The van der Waals surface area contributed by atoms with Gasteiger partial charge in [-0.2, -0.15) is 0 Å². The lowest BCUT2D eigenvalue weighted by atomic mass is 10.1. The number of hydrogen-bond acceptors (Lipinski definition) is 3. The Morgan fingerprint density at radius 3 is 2.52 bits per heavy atom. The van der Waals surface area contributed by atoms with Gasteiger partial charge in [-0.3, -0.25) is 9.59 Å². The second-order valence-corrected chi connectivity index (χ2v) is 7.07. The van der Waals surface area contributed by atoms with Crippen LogP contribution in [-0.2, 0) is 6.42 Å². The fourth-order valence-electron chi connectivity index (χ4n) is 3.60. The van der Waals surface area contributed by atoms with Crippen LogP contribution < -0.4 is 15.0 Å². The van der Waals surface area contributed by atoms with Crippen molar-refractivity contribution in [3.8, 4) is 5.75 Å². The molecular formula is C24H22N2O3. The van der Waals surface area contributed by atoms with Crippen LogP contribution >= 0.6 is 0 Å². The molecule has 0 saturated heterocycles. The zero-order valence-electron chi connectivity index (χ0n) is 16.4. The number of methoxy groups -OCH3 is 1. The molecule has 0 bridgehead atoms. The molecule has 1 aliphatic rings. The van der Waals surface area contributed by atoms with Crippen LogP contribution in [0.3, 0.4) is 0 Å². The Balaban J connectivity index is 1.49. The zero-order chi connectivity index (χ0) is 20.4. The number of aryl methyl sites for hydroxylation is 1.